The van der Waals surface area contributed by atoms with Gasteiger partial charge >= 0.3 is 0 Å². The van der Waals surface area contributed by atoms with E-state index in [9.17, 15) is 0 Å². The molecule has 2 N–H and O–H groups in total. The molecule has 0 amide bonds. The number of nitrogens with zero attached hydrogens (tertiary/aromatic N) is 1. The summed E-state index contributed by atoms with van der Waals surface area (Å²) >= 11 is 2.02. The van der Waals surface area contributed by atoms with Crippen molar-refractivity contribution in [3.05, 3.63) is 0 Å². The van der Waals surface area contributed by atoms with Crippen molar-refractivity contribution in [3.8, 4) is 0 Å². The Kier molecular flexibility index (Phi) is 2.61. The molecule has 0 aromatic carbocycles. The lowest BCUT2D eigenvalue weighted by molar-refractivity contribution is 0.294. The summed E-state index contributed by atoms with van der Waals surface area (Å²) in [5.41, 5.74) is 0. The van der Waals surface area contributed by atoms with E-state index in [2.05, 4.69) is 13.8 Å². The van der Waals surface area contributed by atoms with E-state index in [-0.39, 0.29) is 0 Å². The molecular formula is C7H16N2S. The van der Waals surface area contributed by atoms with E-state index < -0.39 is 0 Å². The summed E-state index contributed by atoms with van der Waals surface area (Å²) in [6, 6.07) is 0. The van der Waals surface area contributed by atoms with Crippen LogP contribution < -0.4 is 5.84 Å². The molecule has 1 fully saturated rings. The summed E-state index contributed by atoms with van der Waals surface area (Å²) in [5, 5.41) is 1.92. The zero-order chi connectivity index (χ0) is 7.61. The van der Waals surface area contributed by atoms with E-state index in [1.54, 1.807) is 0 Å². The second kappa shape index (κ2) is 3.11. The van der Waals surface area contributed by atoms with Gasteiger partial charge in [0.1, 0.15) is 0 Å². The van der Waals surface area contributed by atoms with Crippen LogP contribution in [0, 0.1) is 0 Å². The SMILES string of the molecule is CC1(C)CCN(N)CCS1. The average Bonchev–Trinajstić information content (AvgIpc) is 1.94. The van der Waals surface area contributed by atoms with Crippen molar-refractivity contribution >= 4 is 11.8 Å². The molecule has 10 heavy (non-hydrogen) atoms. The molecule has 1 aliphatic heterocycles. The Labute approximate surface area is 67.1 Å². The third-order valence-corrected chi connectivity index (χ3v) is 3.24. The first-order valence-electron chi connectivity index (χ1n) is 3.74. The van der Waals surface area contributed by atoms with E-state index in [0.29, 0.717) is 4.75 Å². The second-order valence-corrected chi connectivity index (χ2v) is 5.20. The Morgan fingerprint density at radius 1 is 1.40 bits per heavy atom. The van der Waals surface area contributed by atoms with Gasteiger partial charge in [-0.25, -0.2) is 5.01 Å². The zero-order valence-corrected chi connectivity index (χ0v) is 7.58. The number of rotatable bonds is 0. The number of thioether (sulfide) groups is 1. The van der Waals surface area contributed by atoms with Gasteiger partial charge in [-0.15, -0.1) is 0 Å². The van der Waals surface area contributed by atoms with Crippen LogP contribution in [-0.4, -0.2) is 28.6 Å². The molecule has 1 saturated heterocycles. The van der Waals surface area contributed by atoms with Crippen LogP contribution in [0.5, 0.6) is 0 Å². The molecular weight excluding hydrogens is 144 g/mol. The Hall–Kier alpha value is 0.270. The first-order valence-corrected chi connectivity index (χ1v) is 4.72. The fourth-order valence-electron chi connectivity index (χ4n) is 1.04. The van der Waals surface area contributed by atoms with E-state index in [0.717, 1.165) is 13.1 Å². The summed E-state index contributed by atoms with van der Waals surface area (Å²) in [6.07, 6.45) is 1.20. The molecule has 0 saturated carbocycles. The van der Waals surface area contributed by atoms with Gasteiger partial charge in [-0.2, -0.15) is 11.8 Å². The summed E-state index contributed by atoms with van der Waals surface area (Å²) in [7, 11) is 0. The number of nitrogens with two attached hydrogens (primary N) is 1. The van der Waals surface area contributed by atoms with Crippen LogP contribution in [0.25, 0.3) is 0 Å². The second-order valence-electron chi connectivity index (χ2n) is 3.39. The Bertz CT molecular complexity index is 114. The molecule has 60 valence electrons. The van der Waals surface area contributed by atoms with Crippen LogP contribution in [0.1, 0.15) is 20.3 Å². The molecule has 0 aromatic heterocycles. The van der Waals surface area contributed by atoms with E-state index >= 15 is 0 Å². The lowest BCUT2D eigenvalue weighted by Gasteiger charge is -2.20. The highest BCUT2D eigenvalue weighted by Gasteiger charge is 2.21. The summed E-state index contributed by atoms with van der Waals surface area (Å²) in [5.74, 6) is 6.85. The lowest BCUT2D eigenvalue weighted by atomic mass is 10.1. The molecule has 2 nitrogen and oxygen atoms in total. The van der Waals surface area contributed by atoms with Crippen molar-refractivity contribution in [2.75, 3.05) is 18.8 Å². The molecule has 0 atom stereocenters. The molecule has 0 aliphatic carbocycles. The van der Waals surface area contributed by atoms with Crippen molar-refractivity contribution in [1.29, 1.82) is 0 Å². The van der Waals surface area contributed by atoms with Gasteiger partial charge in [-0.1, -0.05) is 13.8 Å². The third kappa shape index (κ3) is 2.48. The van der Waals surface area contributed by atoms with Crippen LogP contribution in [0.3, 0.4) is 0 Å². The van der Waals surface area contributed by atoms with Gasteiger partial charge in [0, 0.05) is 23.6 Å². The van der Waals surface area contributed by atoms with Gasteiger partial charge in [-0.05, 0) is 6.42 Å². The van der Waals surface area contributed by atoms with Crippen molar-refractivity contribution in [2.24, 2.45) is 5.84 Å². The lowest BCUT2D eigenvalue weighted by Crippen LogP contribution is -2.33. The first kappa shape index (κ1) is 8.37. The van der Waals surface area contributed by atoms with Crippen molar-refractivity contribution in [1.82, 2.24) is 5.01 Å². The quantitative estimate of drug-likeness (QED) is 0.538. The standard InChI is InChI=1S/C7H16N2S/c1-7(2)3-4-9(8)5-6-10-7/h3-6,8H2,1-2H3. The summed E-state index contributed by atoms with van der Waals surface area (Å²) in [6.45, 7) is 6.65. The van der Waals surface area contributed by atoms with Crippen LogP contribution >= 0.6 is 11.8 Å². The summed E-state index contributed by atoms with van der Waals surface area (Å²) in [4.78, 5) is 0. The molecule has 1 rings (SSSR count). The highest BCUT2D eigenvalue weighted by Crippen LogP contribution is 2.29. The summed E-state index contributed by atoms with van der Waals surface area (Å²) < 4.78 is 0.439. The maximum atomic E-state index is 5.68. The molecule has 0 unspecified atom stereocenters. The number of hydrazine groups is 1. The topological polar surface area (TPSA) is 29.3 Å². The van der Waals surface area contributed by atoms with Crippen LogP contribution in [-0.2, 0) is 0 Å². The van der Waals surface area contributed by atoms with Gasteiger partial charge in [0.15, 0.2) is 0 Å². The number of hydrogen-bond acceptors (Lipinski definition) is 3. The molecule has 0 spiro atoms. The third-order valence-electron chi connectivity index (χ3n) is 1.87. The largest absolute Gasteiger partial charge is 0.269 e. The minimum absolute atomic E-state index is 0.439. The van der Waals surface area contributed by atoms with Gasteiger partial charge in [-0.3, -0.25) is 5.84 Å². The fourth-order valence-corrected chi connectivity index (χ4v) is 2.15. The van der Waals surface area contributed by atoms with Crippen molar-refractivity contribution < 1.29 is 0 Å². The Balaban J connectivity index is 2.41. The molecule has 0 aromatic rings. The minimum atomic E-state index is 0.439. The average molecular weight is 160 g/mol. The van der Waals surface area contributed by atoms with Gasteiger partial charge in [0.05, 0.1) is 0 Å². The maximum absolute atomic E-state index is 5.68. The van der Waals surface area contributed by atoms with Crippen molar-refractivity contribution in [2.45, 2.75) is 25.0 Å². The zero-order valence-electron chi connectivity index (χ0n) is 6.76. The van der Waals surface area contributed by atoms with Crippen LogP contribution in [0.15, 0.2) is 0 Å². The normalized spacial score (nSPS) is 27.9. The highest BCUT2D eigenvalue weighted by molar-refractivity contribution is 8.00. The molecule has 3 heteroatoms. The highest BCUT2D eigenvalue weighted by atomic mass is 32.2. The molecule has 0 bridgehead atoms. The van der Waals surface area contributed by atoms with Crippen LogP contribution in [0.2, 0.25) is 0 Å². The smallest absolute Gasteiger partial charge is 0.0219 e. The Morgan fingerprint density at radius 3 is 2.80 bits per heavy atom. The predicted octanol–water partition coefficient (Wildman–Crippen LogP) is 1.08. The maximum Gasteiger partial charge on any atom is 0.0219 e. The molecule has 0 radical (unpaired) electrons. The monoisotopic (exact) mass is 160 g/mol. The van der Waals surface area contributed by atoms with Gasteiger partial charge in [0.2, 0.25) is 0 Å². The molecule has 1 aliphatic rings. The first-order chi connectivity index (χ1) is 4.60. The predicted molar refractivity (Wildman–Crippen MR) is 46.9 cm³/mol. The van der Waals surface area contributed by atoms with Crippen molar-refractivity contribution in [3.63, 3.8) is 0 Å². The van der Waals surface area contributed by atoms with E-state index in [4.69, 9.17) is 5.84 Å². The molecule has 1 heterocycles. The van der Waals surface area contributed by atoms with Gasteiger partial charge < -0.3 is 0 Å². The minimum Gasteiger partial charge on any atom is -0.269 e. The van der Waals surface area contributed by atoms with E-state index in [1.165, 1.54) is 12.2 Å². The van der Waals surface area contributed by atoms with E-state index in [1.807, 2.05) is 16.8 Å². The number of hydrogen-bond donors (Lipinski definition) is 1. The Morgan fingerprint density at radius 2 is 2.10 bits per heavy atom. The van der Waals surface area contributed by atoms with Crippen LogP contribution in [0.4, 0.5) is 0 Å². The fraction of sp³-hybridized carbons (Fsp3) is 1.00. The van der Waals surface area contributed by atoms with Gasteiger partial charge in [0.25, 0.3) is 0 Å².